The maximum Gasteiger partial charge on any atom is 0.119 e. The van der Waals surface area contributed by atoms with Gasteiger partial charge in [0, 0.05) is 12.7 Å². The Balaban J connectivity index is 1.76. The summed E-state index contributed by atoms with van der Waals surface area (Å²) in [4.78, 5) is 0. The van der Waals surface area contributed by atoms with Crippen LogP contribution in [0.3, 0.4) is 0 Å². The van der Waals surface area contributed by atoms with E-state index in [0.717, 1.165) is 24.4 Å². The molecular weight excluding hydrogens is 252 g/mol. The van der Waals surface area contributed by atoms with Gasteiger partial charge in [0.2, 0.25) is 0 Å². The fourth-order valence-corrected chi connectivity index (χ4v) is 2.01. The quantitative estimate of drug-likeness (QED) is 0.800. The Bertz CT molecular complexity index is 507. The molecule has 0 fully saturated rings. The van der Waals surface area contributed by atoms with Crippen molar-refractivity contribution in [3.8, 4) is 5.75 Å². The van der Waals surface area contributed by atoms with E-state index in [-0.39, 0.29) is 0 Å². The van der Waals surface area contributed by atoms with E-state index in [0.29, 0.717) is 13.2 Å². The van der Waals surface area contributed by atoms with Gasteiger partial charge in [0.1, 0.15) is 12.4 Å². The van der Waals surface area contributed by atoms with E-state index < -0.39 is 0 Å². The Morgan fingerprint density at radius 3 is 2.75 bits per heavy atom. The van der Waals surface area contributed by atoms with E-state index in [2.05, 4.69) is 34.7 Å². The molecule has 0 aliphatic carbocycles. The van der Waals surface area contributed by atoms with Crippen LogP contribution in [0.5, 0.6) is 5.75 Å². The van der Waals surface area contributed by atoms with Crippen molar-refractivity contribution in [2.45, 2.75) is 32.9 Å². The lowest BCUT2D eigenvalue weighted by Gasteiger charge is -2.06. The molecule has 0 aliphatic rings. The minimum absolute atomic E-state index is 0.593. The first-order valence-corrected chi connectivity index (χ1v) is 7.07. The smallest absolute Gasteiger partial charge is 0.119 e. The van der Waals surface area contributed by atoms with Crippen LogP contribution in [-0.2, 0) is 19.5 Å². The average molecular weight is 274 g/mol. The van der Waals surface area contributed by atoms with E-state index in [9.17, 15) is 0 Å². The SMILES string of the molecule is CCCc1ccc(OCCn2cc(CNC)nn2)cc1. The number of benzene rings is 1. The first-order valence-electron chi connectivity index (χ1n) is 7.07. The highest BCUT2D eigenvalue weighted by molar-refractivity contribution is 5.27. The number of ether oxygens (including phenoxy) is 1. The lowest BCUT2D eigenvalue weighted by molar-refractivity contribution is 0.289. The molecular formula is C15H22N4O. The topological polar surface area (TPSA) is 52.0 Å². The Morgan fingerprint density at radius 2 is 2.05 bits per heavy atom. The molecule has 5 heteroatoms. The number of hydrogen-bond donors (Lipinski definition) is 1. The van der Waals surface area contributed by atoms with E-state index in [1.807, 2.05) is 25.4 Å². The van der Waals surface area contributed by atoms with Crippen molar-refractivity contribution in [1.29, 1.82) is 0 Å². The molecule has 0 amide bonds. The van der Waals surface area contributed by atoms with Crippen LogP contribution >= 0.6 is 0 Å². The van der Waals surface area contributed by atoms with E-state index >= 15 is 0 Å². The zero-order valence-electron chi connectivity index (χ0n) is 12.2. The lowest BCUT2D eigenvalue weighted by Crippen LogP contribution is -2.09. The summed E-state index contributed by atoms with van der Waals surface area (Å²) in [6, 6.07) is 8.30. The molecule has 0 saturated carbocycles. The third-order valence-electron chi connectivity index (χ3n) is 3.00. The highest BCUT2D eigenvalue weighted by atomic mass is 16.5. The van der Waals surface area contributed by atoms with Gasteiger partial charge >= 0.3 is 0 Å². The molecule has 1 N–H and O–H groups in total. The summed E-state index contributed by atoms with van der Waals surface area (Å²) < 4.78 is 7.51. The van der Waals surface area contributed by atoms with Crippen LogP contribution < -0.4 is 10.1 Å². The molecule has 0 unspecified atom stereocenters. The first-order chi connectivity index (χ1) is 9.81. The summed E-state index contributed by atoms with van der Waals surface area (Å²) in [5.41, 5.74) is 2.30. The number of aryl methyl sites for hydroxylation is 1. The van der Waals surface area contributed by atoms with Crippen molar-refractivity contribution in [2.24, 2.45) is 0 Å². The molecule has 0 saturated heterocycles. The van der Waals surface area contributed by atoms with Crippen LogP contribution in [0.25, 0.3) is 0 Å². The van der Waals surface area contributed by atoms with Crippen LogP contribution in [0, 0.1) is 0 Å². The molecule has 0 radical (unpaired) electrons. The van der Waals surface area contributed by atoms with Gasteiger partial charge in [0.05, 0.1) is 12.2 Å². The van der Waals surface area contributed by atoms with Gasteiger partial charge in [-0.1, -0.05) is 30.7 Å². The molecule has 0 bridgehead atoms. The minimum Gasteiger partial charge on any atom is -0.492 e. The third kappa shape index (κ3) is 4.35. The molecule has 0 atom stereocenters. The zero-order chi connectivity index (χ0) is 14.2. The highest BCUT2D eigenvalue weighted by Gasteiger charge is 2.00. The monoisotopic (exact) mass is 274 g/mol. The summed E-state index contributed by atoms with van der Waals surface area (Å²) in [6.45, 7) is 4.22. The maximum absolute atomic E-state index is 5.71. The molecule has 0 spiro atoms. The summed E-state index contributed by atoms with van der Waals surface area (Å²) >= 11 is 0. The number of nitrogens with zero attached hydrogens (tertiary/aromatic N) is 3. The molecule has 108 valence electrons. The van der Waals surface area contributed by atoms with Gasteiger partial charge < -0.3 is 10.1 Å². The first kappa shape index (κ1) is 14.5. The minimum atomic E-state index is 0.593. The maximum atomic E-state index is 5.71. The second kappa shape index (κ2) is 7.65. The Morgan fingerprint density at radius 1 is 1.25 bits per heavy atom. The zero-order valence-corrected chi connectivity index (χ0v) is 12.2. The Hall–Kier alpha value is -1.88. The van der Waals surface area contributed by atoms with Gasteiger partial charge in [-0.15, -0.1) is 5.10 Å². The highest BCUT2D eigenvalue weighted by Crippen LogP contribution is 2.13. The molecule has 1 aromatic heterocycles. The third-order valence-corrected chi connectivity index (χ3v) is 3.00. The largest absolute Gasteiger partial charge is 0.492 e. The number of rotatable bonds is 8. The molecule has 2 rings (SSSR count). The van der Waals surface area contributed by atoms with E-state index in [4.69, 9.17) is 4.74 Å². The molecule has 1 aromatic carbocycles. The van der Waals surface area contributed by atoms with Gasteiger partial charge in [-0.05, 0) is 31.2 Å². The second-order valence-electron chi connectivity index (χ2n) is 4.75. The molecule has 1 heterocycles. The summed E-state index contributed by atoms with van der Waals surface area (Å²) in [7, 11) is 1.89. The van der Waals surface area contributed by atoms with E-state index in [1.165, 1.54) is 12.0 Å². The van der Waals surface area contributed by atoms with Gasteiger partial charge in [-0.3, -0.25) is 0 Å². The van der Waals surface area contributed by atoms with Crippen molar-refractivity contribution < 1.29 is 4.74 Å². The number of aromatic nitrogens is 3. The normalized spacial score (nSPS) is 10.7. The summed E-state index contributed by atoms with van der Waals surface area (Å²) in [6.07, 6.45) is 4.22. The van der Waals surface area contributed by atoms with Gasteiger partial charge in [0.25, 0.3) is 0 Å². The van der Waals surface area contributed by atoms with E-state index in [1.54, 1.807) is 4.68 Å². The standard InChI is InChI=1S/C15H22N4O/c1-3-4-13-5-7-15(8-6-13)20-10-9-19-12-14(11-16-2)17-18-19/h5-8,12,16H,3-4,9-11H2,1-2H3. The predicted octanol–water partition coefficient (Wildman–Crippen LogP) is 2.03. The summed E-state index contributed by atoms with van der Waals surface area (Å²) in [5, 5.41) is 11.2. The molecule has 5 nitrogen and oxygen atoms in total. The summed E-state index contributed by atoms with van der Waals surface area (Å²) in [5.74, 6) is 0.903. The van der Waals surface area contributed by atoms with Crippen LogP contribution in [0.1, 0.15) is 24.6 Å². The number of hydrogen-bond acceptors (Lipinski definition) is 4. The van der Waals surface area contributed by atoms with Crippen LogP contribution in [0.2, 0.25) is 0 Å². The fraction of sp³-hybridized carbons (Fsp3) is 0.467. The second-order valence-corrected chi connectivity index (χ2v) is 4.75. The number of nitrogens with one attached hydrogen (secondary N) is 1. The van der Waals surface area contributed by atoms with Gasteiger partial charge in [0.15, 0.2) is 0 Å². The van der Waals surface area contributed by atoms with Crippen molar-refractivity contribution in [2.75, 3.05) is 13.7 Å². The van der Waals surface area contributed by atoms with Gasteiger partial charge in [-0.25, -0.2) is 4.68 Å². The lowest BCUT2D eigenvalue weighted by atomic mass is 10.1. The molecule has 0 aliphatic heterocycles. The van der Waals surface area contributed by atoms with Gasteiger partial charge in [-0.2, -0.15) is 0 Å². The Labute approximate surface area is 120 Å². The van der Waals surface area contributed by atoms with Crippen LogP contribution in [-0.4, -0.2) is 28.6 Å². The van der Waals surface area contributed by atoms with Crippen LogP contribution in [0.15, 0.2) is 30.5 Å². The predicted molar refractivity (Wildman–Crippen MR) is 78.7 cm³/mol. The van der Waals surface area contributed by atoms with Crippen molar-refractivity contribution in [1.82, 2.24) is 20.3 Å². The molecule has 2 aromatic rings. The molecule has 20 heavy (non-hydrogen) atoms. The average Bonchev–Trinajstić information content (AvgIpc) is 2.89. The van der Waals surface area contributed by atoms with Crippen molar-refractivity contribution in [3.63, 3.8) is 0 Å². The van der Waals surface area contributed by atoms with Crippen molar-refractivity contribution in [3.05, 3.63) is 41.7 Å². The van der Waals surface area contributed by atoms with Crippen LogP contribution in [0.4, 0.5) is 0 Å². The fourth-order valence-electron chi connectivity index (χ4n) is 2.01. The Kier molecular flexibility index (Phi) is 5.55. The van der Waals surface area contributed by atoms with Crippen molar-refractivity contribution >= 4 is 0 Å².